The van der Waals surface area contributed by atoms with Gasteiger partial charge in [0.25, 0.3) is 5.91 Å². The van der Waals surface area contributed by atoms with Crippen molar-refractivity contribution < 1.29 is 13.9 Å². The number of halogens is 1. The molecule has 0 bridgehead atoms. The number of benzene rings is 2. The number of amides is 1. The van der Waals surface area contributed by atoms with Crippen LogP contribution in [0.2, 0.25) is 0 Å². The van der Waals surface area contributed by atoms with Gasteiger partial charge in [0.05, 0.1) is 19.0 Å². The summed E-state index contributed by atoms with van der Waals surface area (Å²) in [4.78, 5) is 21.1. The highest BCUT2D eigenvalue weighted by Crippen LogP contribution is 2.32. The van der Waals surface area contributed by atoms with Crippen LogP contribution in [0.5, 0.6) is 5.75 Å². The first-order valence-corrected chi connectivity index (χ1v) is 8.89. The third-order valence-corrected chi connectivity index (χ3v) is 4.46. The van der Waals surface area contributed by atoms with E-state index in [9.17, 15) is 4.79 Å². The standard InChI is InChI=1S/C20H14BrN3O3/c1-26-17-6-5-13(20-24-16-11-22-8-7-18(16)27-20)10-15(17)23-19(25)12-3-2-4-14(21)9-12/h2-11H,1H3,(H,23,25). The molecule has 0 radical (unpaired) electrons. The fourth-order valence-corrected chi connectivity index (χ4v) is 3.07. The van der Waals surface area contributed by atoms with Gasteiger partial charge < -0.3 is 14.5 Å². The molecule has 2 aromatic carbocycles. The van der Waals surface area contributed by atoms with Crippen molar-refractivity contribution >= 4 is 38.6 Å². The highest BCUT2D eigenvalue weighted by atomic mass is 79.9. The molecule has 27 heavy (non-hydrogen) atoms. The summed E-state index contributed by atoms with van der Waals surface area (Å²) < 4.78 is 12.0. The Balaban J connectivity index is 1.69. The first-order valence-electron chi connectivity index (χ1n) is 8.10. The first kappa shape index (κ1) is 17.2. The molecular weight excluding hydrogens is 410 g/mol. The topological polar surface area (TPSA) is 77.2 Å². The van der Waals surface area contributed by atoms with Crippen LogP contribution in [0.25, 0.3) is 22.6 Å². The number of hydrogen-bond acceptors (Lipinski definition) is 5. The quantitative estimate of drug-likeness (QED) is 0.504. The molecule has 7 heteroatoms. The Labute approximate surface area is 163 Å². The van der Waals surface area contributed by atoms with Crippen LogP contribution < -0.4 is 10.1 Å². The average Bonchev–Trinajstić information content (AvgIpc) is 3.12. The number of fused-ring (bicyclic) bond motifs is 1. The van der Waals surface area contributed by atoms with Crippen molar-refractivity contribution in [2.45, 2.75) is 0 Å². The molecule has 0 aliphatic carbocycles. The molecule has 0 fully saturated rings. The normalized spacial score (nSPS) is 10.7. The lowest BCUT2D eigenvalue weighted by Crippen LogP contribution is -2.12. The van der Waals surface area contributed by atoms with E-state index in [1.807, 2.05) is 12.1 Å². The summed E-state index contributed by atoms with van der Waals surface area (Å²) in [6, 6.07) is 14.3. The van der Waals surface area contributed by atoms with Crippen molar-refractivity contribution in [1.29, 1.82) is 0 Å². The van der Waals surface area contributed by atoms with E-state index in [1.165, 1.54) is 0 Å². The van der Waals surface area contributed by atoms with E-state index in [0.717, 1.165) is 10.0 Å². The maximum atomic E-state index is 12.6. The Morgan fingerprint density at radius 2 is 2.07 bits per heavy atom. The Bertz CT molecular complexity index is 1110. The summed E-state index contributed by atoms with van der Waals surface area (Å²) in [6.07, 6.45) is 3.29. The van der Waals surface area contributed by atoms with Crippen molar-refractivity contribution in [3.8, 4) is 17.2 Å². The lowest BCUT2D eigenvalue weighted by Gasteiger charge is -2.11. The van der Waals surface area contributed by atoms with E-state index in [4.69, 9.17) is 9.15 Å². The van der Waals surface area contributed by atoms with E-state index in [1.54, 1.807) is 55.9 Å². The van der Waals surface area contributed by atoms with Gasteiger partial charge >= 0.3 is 0 Å². The summed E-state index contributed by atoms with van der Waals surface area (Å²) in [7, 11) is 1.55. The number of aromatic nitrogens is 2. The number of nitrogens with zero attached hydrogens (tertiary/aromatic N) is 2. The third kappa shape index (κ3) is 3.54. The molecule has 0 unspecified atom stereocenters. The predicted molar refractivity (Wildman–Crippen MR) is 106 cm³/mol. The molecule has 2 heterocycles. The highest BCUT2D eigenvalue weighted by Gasteiger charge is 2.14. The molecule has 1 N–H and O–H groups in total. The van der Waals surface area contributed by atoms with Gasteiger partial charge in [0.2, 0.25) is 5.89 Å². The fourth-order valence-electron chi connectivity index (χ4n) is 2.67. The van der Waals surface area contributed by atoms with E-state index in [-0.39, 0.29) is 5.91 Å². The van der Waals surface area contributed by atoms with Crippen LogP contribution in [0.3, 0.4) is 0 Å². The van der Waals surface area contributed by atoms with E-state index < -0.39 is 0 Å². The molecule has 6 nitrogen and oxygen atoms in total. The van der Waals surface area contributed by atoms with Gasteiger partial charge in [-0.05, 0) is 36.4 Å². The lowest BCUT2D eigenvalue weighted by molar-refractivity contribution is 0.102. The number of carbonyl (C=O) groups is 1. The molecule has 1 amide bonds. The molecule has 134 valence electrons. The fraction of sp³-hybridized carbons (Fsp3) is 0.0500. The Hall–Kier alpha value is -3.19. The lowest BCUT2D eigenvalue weighted by atomic mass is 10.1. The Morgan fingerprint density at radius 3 is 2.85 bits per heavy atom. The summed E-state index contributed by atoms with van der Waals surface area (Å²) in [5.74, 6) is 0.743. The molecular formula is C20H14BrN3O3. The van der Waals surface area contributed by atoms with Gasteiger partial charge in [0.1, 0.15) is 11.3 Å². The number of oxazole rings is 1. The van der Waals surface area contributed by atoms with Crippen LogP contribution in [-0.4, -0.2) is 23.0 Å². The molecule has 0 aliphatic heterocycles. The van der Waals surface area contributed by atoms with Crippen molar-refractivity contribution in [3.63, 3.8) is 0 Å². The first-order chi connectivity index (χ1) is 13.1. The second-order valence-corrected chi connectivity index (χ2v) is 6.66. The van der Waals surface area contributed by atoms with E-state index >= 15 is 0 Å². The number of ether oxygens (including phenoxy) is 1. The van der Waals surface area contributed by atoms with Crippen LogP contribution in [0.15, 0.2) is 69.8 Å². The van der Waals surface area contributed by atoms with Crippen LogP contribution >= 0.6 is 15.9 Å². The van der Waals surface area contributed by atoms with Crippen LogP contribution in [-0.2, 0) is 0 Å². The zero-order chi connectivity index (χ0) is 18.8. The summed E-state index contributed by atoms with van der Waals surface area (Å²) in [5.41, 5.74) is 3.10. The van der Waals surface area contributed by atoms with Crippen LogP contribution in [0.1, 0.15) is 10.4 Å². The number of pyridine rings is 1. The van der Waals surface area contributed by atoms with Gasteiger partial charge in [-0.1, -0.05) is 22.0 Å². The van der Waals surface area contributed by atoms with Gasteiger partial charge in [-0.2, -0.15) is 0 Å². The monoisotopic (exact) mass is 423 g/mol. The van der Waals surface area contributed by atoms with Gasteiger partial charge in [-0.25, -0.2) is 4.98 Å². The Kier molecular flexibility index (Phi) is 4.60. The molecule has 4 aromatic rings. The van der Waals surface area contributed by atoms with Gasteiger partial charge in [-0.3, -0.25) is 9.78 Å². The van der Waals surface area contributed by atoms with Crippen LogP contribution in [0, 0.1) is 0 Å². The van der Waals surface area contributed by atoms with Gasteiger partial charge in [-0.15, -0.1) is 0 Å². The van der Waals surface area contributed by atoms with Crippen molar-refractivity contribution in [3.05, 3.63) is 71.0 Å². The number of hydrogen-bond donors (Lipinski definition) is 1. The minimum absolute atomic E-state index is 0.242. The minimum Gasteiger partial charge on any atom is -0.495 e. The van der Waals surface area contributed by atoms with Crippen molar-refractivity contribution in [2.75, 3.05) is 12.4 Å². The van der Waals surface area contributed by atoms with E-state index in [0.29, 0.717) is 34.0 Å². The third-order valence-electron chi connectivity index (χ3n) is 3.97. The SMILES string of the molecule is COc1ccc(-c2nc3cnccc3o2)cc1NC(=O)c1cccc(Br)c1. The second-order valence-electron chi connectivity index (χ2n) is 5.74. The maximum absolute atomic E-state index is 12.6. The van der Waals surface area contributed by atoms with Crippen molar-refractivity contribution in [2.24, 2.45) is 0 Å². The largest absolute Gasteiger partial charge is 0.495 e. The minimum atomic E-state index is -0.242. The molecule has 0 atom stereocenters. The zero-order valence-electron chi connectivity index (χ0n) is 14.3. The summed E-state index contributed by atoms with van der Waals surface area (Å²) >= 11 is 3.37. The highest BCUT2D eigenvalue weighted by molar-refractivity contribution is 9.10. The van der Waals surface area contributed by atoms with E-state index in [2.05, 4.69) is 31.2 Å². The number of anilines is 1. The molecule has 4 rings (SSSR count). The van der Waals surface area contributed by atoms with Crippen molar-refractivity contribution in [1.82, 2.24) is 9.97 Å². The summed E-state index contributed by atoms with van der Waals surface area (Å²) in [5, 5.41) is 2.88. The number of nitrogens with one attached hydrogen (secondary N) is 1. The summed E-state index contributed by atoms with van der Waals surface area (Å²) in [6.45, 7) is 0. The zero-order valence-corrected chi connectivity index (χ0v) is 15.9. The van der Waals surface area contributed by atoms with Gasteiger partial charge in [0.15, 0.2) is 5.58 Å². The molecule has 2 aromatic heterocycles. The molecule has 0 aliphatic rings. The number of carbonyl (C=O) groups excluding carboxylic acids is 1. The predicted octanol–water partition coefficient (Wildman–Crippen LogP) is 4.91. The molecule has 0 spiro atoms. The Morgan fingerprint density at radius 1 is 1.19 bits per heavy atom. The number of methoxy groups -OCH3 is 1. The maximum Gasteiger partial charge on any atom is 0.255 e. The smallest absolute Gasteiger partial charge is 0.255 e. The molecule has 0 saturated heterocycles. The molecule has 0 saturated carbocycles. The average molecular weight is 424 g/mol. The number of rotatable bonds is 4. The second kappa shape index (κ2) is 7.20. The van der Waals surface area contributed by atoms with Gasteiger partial charge in [0, 0.05) is 27.9 Å². The van der Waals surface area contributed by atoms with Crippen LogP contribution in [0.4, 0.5) is 5.69 Å².